The molecule has 0 unspecified atom stereocenters. The van der Waals surface area contributed by atoms with Gasteiger partial charge in [0.15, 0.2) is 5.96 Å². The molecule has 0 atom stereocenters. The molecule has 2 heterocycles. The topological polar surface area (TPSA) is 60.0 Å². The van der Waals surface area contributed by atoms with E-state index in [1.807, 2.05) is 17.0 Å². The lowest BCUT2D eigenvalue weighted by Crippen LogP contribution is -2.48. The van der Waals surface area contributed by atoms with Gasteiger partial charge in [-0.2, -0.15) is 0 Å². The highest BCUT2D eigenvalue weighted by molar-refractivity contribution is 14.0. The number of fused-ring (bicyclic) bond motifs is 1. The summed E-state index contributed by atoms with van der Waals surface area (Å²) in [6, 6.07) is 8.82. The van der Waals surface area contributed by atoms with Gasteiger partial charge in [0.05, 0.1) is 0 Å². The molecule has 1 fully saturated rings. The van der Waals surface area contributed by atoms with Crippen LogP contribution < -0.4 is 10.6 Å². The van der Waals surface area contributed by atoms with E-state index in [0.29, 0.717) is 19.0 Å². The van der Waals surface area contributed by atoms with Crippen LogP contribution in [0, 0.1) is 0 Å². The van der Waals surface area contributed by atoms with Gasteiger partial charge in [-0.3, -0.25) is 9.79 Å². The van der Waals surface area contributed by atoms with Crippen molar-refractivity contribution in [1.82, 2.24) is 20.4 Å². The lowest BCUT2D eigenvalue weighted by molar-refractivity contribution is -0.131. The van der Waals surface area contributed by atoms with Gasteiger partial charge in [0.2, 0.25) is 5.91 Å². The SMILES string of the molecule is CCCN1CCC(NC(=NCCCC(=O)N2Cc3ccccc3C2)NCC)CC1.I. The summed E-state index contributed by atoms with van der Waals surface area (Å²) in [6.07, 6.45) is 4.91. The summed E-state index contributed by atoms with van der Waals surface area (Å²) in [5, 5.41) is 6.94. The van der Waals surface area contributed by atoms with Gasteiger partial charge in [-0.15, -0.1) is 24.0 Å². The first-order chi connectivity index (χ1) is 14.2. The van der Waals surface area contributed by atoms with Crippen LogP contribution in [0.2, 0.25) is 0 Å². The van der Waals surface area contributed by atoms with Crippen LogP contribution in [0.15, 0.2) is 29.3 Å². The standard InChI is InChI=1S/C23H37N5O.HI/c1-3-14-27-15-11-21(12-16-27)26-23(24-4-2)25-13-7-10-22(29)28-17-19-8-5-6-9-20(19)18-28;/h5-6,8-9,21H,3-4,7,10-18H2,1-2H3,(H2,24,25,26);1H. The third-order valence-corrected chi connectivity index (χ3v) is 5.82. The number of halogens is 1. The summed E-state index contributed by atoms with van der Waals surface area (Å²) in [5.41, 5.74) is 2.56. The molecular formula is C23H38IN5O. The smallest absolute Gasteiger partial charge is 0.223 e. The van der Waals surface area contributed by atoms with Gasteiger partial charge in [0, 0.05) is 51.7 Å². The summed E-state index contributed by atoms with van der Waals surface area (Å²) in [6.45, 7) is 10.9. The number of likely N-dealkylation sites (tertiary alicyclic amines) is 1. The van der Waals surface area contributed by atoms with Crippen molar-refractivity contribution in [3.63, 3.8) is 0 Å². The van der Waals surface area contributed by atoms with Crippen LogP contribution in [-0.2, 0) is 17.9 Å². The Morgan fingerprint density at radius 1 is 1.13 bits per heavy atom. The minimum atomic E-state index is 0. The van der Waals surface area contributed by atoms with Gasteiger partial charge in [0.25, 0.3) is 0 Å². The van der Waals surface area contributed by atoms with Gasteiger partial charge in [-0.05, 0) is 50.3 Å². The van der Waals surface area contributed by atoms with E-state index in [1.54, 1.807) is 0 Å². The maximum Gasteiger partial charge on any atom is 0.223 e. The van der Waals surface area contributed by atoms with Crippen LogP contribution in [0.3, 0.4) is 0 Å². The van der Waals surface area contributed by atoms with Gasteiger partial charge in [-0.1, -0.05) is 31.2 Å². The van der Waals surface area contributed by atoms with E-state index in [9.17, 15) is 4.79 Å². The third kappa shape index (κ3) is 7.41. The Morgan fingerprint density at radius 2 is 1.80 bits per heavy atom. The van der Waals surface area contributed by atoms with Crippen molar-refractivity contribution in [3.05, 3.63) is 35.4 Å². The molecule has 0 aliphatic carbocycles. The predicted molar refractivity (Wildman–Crippen MR) is 134 cm³/mol. The van der Waals surface area contributed by atoms with E-state index in [1.165, 1.54) is 36.9 Å². The second-order valence-corrected chi connectivity index (χ2v) is 8.14. The first-order valence-electron chi connectivity index (χ1n) is 11.3. The Hall–Kier alpha value is -1.35. The van der Waals surface area contributed by atoms with Crippen molar-refractivity contribution >= 4 is 35.8 Å². The molecule has 30 heavy (non-hydrogen) atoms. The number of guanidine groups is 1. The van der Waals surface area contributed by atoms with Crippen molar-refractivity contribution in [1.29, 1.82) is 0 Å². The van der Waals surface area contributed by atoms with Crippen LogP contribution in [0.1, 0.15) is 57.1 Å². The van der Waals surface area contributed by atoms with E-state index >= 15 is 0 Å². The first-order valence-corrected chi connectivity index (χ1v) is 11.3. The maximum atomic E-state index is 12.5. The minimum Gasteiger partial charge on any atom is -0.357 e. The molecule has 3 rings (SSSR count). The molecular weight excluding hydrogens is 489 g/mol. The average molecular weight is 527 g/mol. The summed E-state index contributed by atoms with van der Waals surface area (Å²) in [5.74, 6) is 1.13. The average Bonchev–Trinajstić information content (AvgIpc) is 3.17. The van der Waals surface area contributed by atoms with Gasteiger partial charge >= 0.3 is 0 Å². The van der Waals surface area contributed by atoms with E-state index in [0.717, 1.165) is 45.1 Å². The Morgan fingerprint density at radius 3 is 2.40 bits per heavy atom. The highest BCUT2D eigenvalue weighted by Gasteiger charge is 2.22. The highest BCUT2D eigenvalue weighted by Crippen LogP contribution is 2.22. The van der Waals surface area contributed by atoms with Crippen molar-refractivity contribution in [2.45, 2.75) is 65.1 Å². The number of nitrogens with one attached hydrogen (secondary N) is 2. The second kappa shape index (κ2) is 13.1. The van der Waals surface area contributed by atoms with Gasteiger partial charge in [-0.25, -0.2) is 0 Å². The second-order valence-electron chi connectivity index (χ2n) is 8.14. The number of nitrogens with zero attached hydrogens (tertiary/aromatic N) is 3. The predicted octanol–water partition coefficient (Wildman–Crippen LogP) is 3.36. The zero-order valence-electron chi connectivity index (χ0n) is 18.5. The number of rotatable bonds is 8. The van der Waals surface area contributed by atoms with E-state index in [2.05, 4.69) is 41.5 Å². The fourth-order valence-corrected chi connectivity index (χ4v) is 4.22. The lowest BCUT2D eigenvalue weighted by atomic mass is 10.1. The normalized spacial score (nSPS) is 17.4. The Balaban J connectivity index is 0.00000320. The molecule has 2 aliphatic heterocycles. The number of carbonyl (C=O) groups is 1. The third-order valence-electron chi connectivity index (χ3n) is 5.82. The number of benzene rings is 1. The largest absolute Gasteiger partial charge is 0.357 e. The van der Waals surface area contributed by atoms with Crippen LogP contribution >= 0.6 is 24.0 Å². The van der Waals surface area contributed by atoms with Crippen molar-refractivity contribution in [2.24, 2.45) is 4.99 Å². The first kappa shape index (κ1) is 24.9. The molecule has 2 aliphatic rings. The number of hydrogen-bond acceptors (Lipinski definition) is 3. The van der Waals surface area contributed by atoms with Crippen LogP contribution in [0.4, 0.5) is 0 Å². The molecule has 6 nitrogen and oxygen atoms in total. The van der Waals surface area contributed by atoms with Crippen molar-refractivity contribution in [3.8, 4) is 0 Å². The number of amides is 1. The van der Waals surface area contributed by atoms with E-state index in [-0.39, 0.29) is 29.9 Å². The van der Waals surface area contributed by atoms with Crippen molar-refractivity contribution < 1.29 is 4.79 Å². The van der Waals surface area contributed by atoms with Crippen LogP contribution in [0.25, 0.3) is 0 Å². The van der Waals surface area contributed by atoms with E-state index < -0.39 is 0 Å². The van der Waals surface area contributed by atoms with Gasteiger partial charge in [0.1, 0.15) is 0 Å². The maximum absolute atomic E-state index is 12.5. The van der Waals surface area contributed by atoms with Crippen LogP contribution in [-0.4, -0.2) is 60.4 Å². The molecule has 1 amide bonds. The molecule has 0 bridgehead atoms. The lowest BCUT2D eigenvalue weighted by Gasteiger charge is -2.32. The molecule has 0 aromatic heterocycles. The number of carbonyl (C=O) groups excluding carboxylic acids is 1. The number of hydrogen-bond donors (Lipinski definition) is 2. The summed E-state index contributed by atoms with van der Waals surface area (Å²) in [7, 11) is 0. The molecule has 2 N–H and O–H groups in total. The van der Waals surface area contributed by atoms with Crippen LogP contribution in [0.5, 0.6) is 0 Å². The number of piperidine rings is 1. The fraction of sp³-hybridized carbons (Fsp3) is 0.652. The molecule has 0 saturated carbocycles. The van der Waals surface area contributed by atoms with E-state index in [4.69, 9.17) is 4.99 Å². The molecule has 0 radical (unpaired) electrons. The Kier molecular flexibility index (Phi) is 10.9. The van der Waals surface area contributed by atoms with Gasteiger partial charge < -0.3 is 20.4 Å². The molecule has 1 aromatic carbocycles. The summed E-state index contributed by atoms with van der Waals surface area (Å²) in [4.78, 5) is 21.7. The molecule has 7 heteroatoms. The highest BCUT2D eigenvalue weighted by atomic mass is 127. The molecule has 168 valence electrons. The quantitative estimate of drug-likeness (QED) is 0.236. The summed E-state index contributed by atoms with van der Waals surface area (Å²) < 4.78 is 0. The van der Waals surface area contributed by atoms with Crippen molar-refractivity contribution in [2.75, 3.05) is 32.7 Å². The molecule has 1 aromatic rings. The monoisotopic (exact) mass is 527 g/mol. The Labute approximate surface area is 198 Å². The Bertz CT molecular complexity index is 663. The fourth-order valence-electron chi connectivity index (χ4n) is 4.22. The zero-order valence-corrected chi connectivity index (χ0v) is 20.9. The zero-order chi connectivity index (χ0) is 20.5. The molecule has 1 saturated heterocycles. The number of aliphatic imine (C=N–C) groups is 1. The minimum absolute atomic E-state index is 0. The summed E-state index contributed by atoms with van der Waals surface area (Å²) >= 11 is 0. The molecule has 0 spiro atoms.